The summed E-state index contributed by atoms with van der Waals surface area (Å²) >= 11 is 0. The number of Topliss-reactive ketones (excluding diaryl/α,β-unsaturated/α-hetero) is 2. The maximum Gasteiger partial charge on any atom is 0.407 e. The number of amides is 2. The molecule has 3 aliphatic heterocycles. The van der Waals surface area contributed by atoms with Gasteiger partial charge in [-0.1, -0.05) is 71.1 Å². The number of nitrogens with zero attached hydrogens (tertiary/aromatic N) is 1. The fourth-order valence-electron chi connectivity index (χ4n) is 11.4. The molecule has 0 aromatic rings. The Balaban J connectivity index is 1.54. The highest BCUT2D eigenvalue weighted by Gasteiger charge is 2.55. The molecule has 1 aliphatic carbocycles. The lowest BCUT2D eigenvalue weighted by Gasteiger charge is -2.40. The number of hydrogen-bond acceptors (Lipinski definition) is 18. The molecule has 2 bridgehead atoms. The highest BCUT2D eigenvalue weighted by molar-refractivity contribution is 6.09. The molecule has 2 unspecified atom stereocenters. The normalized spacial score (nSPS) is 35.6. The zero-order valence-electron chi connectivity index (χ0n) is 50.1. The molecule has 81 heavy (non-hydrogen) atoms. The van der Waals surface area contributed by atoms with Gasteiger partial charge < -0.3 is 73.3 Å². The Labute approximate surface area is 481 Å². The minimum Gasteiger partial charge on any atom is -0.460 e. The summed E-state index contributed by atoms with van der Waals surface area (Å²) in [6.45, 7) is 18.2. The zero-order chi connectivity index (χ0) is 59.6. The summed E-state index contributed by atoms with van der Waals surface area (Å²) in [6.07, 6.45) is 7.48. The van der Waals surface area contributed by atoms with Gasteiger partial charge in [-0.05, 0) is 114 Å². The monoisotopic (exact) mass is 1150 g/mol. The van der Waals surface area contributed by atoms with Crippen molar-refractivity contribution in [2.75, 3.05) is 80.2 Å². The molecule has 0 aromatic carbocycles. The smallest absolute Gasteiger partial charge is 0.407 e. The summed E-state index contributed by atoms with van der Waals surface area (Å²) in [6, 6.07) is -1.19. The lowest BCUT2D eigenvalue weighted by Crippen LogP contribution is -2.62. The van der Waals surface area contributed by atoms with Crippen molar-refractivity contribution in [1.82, 2.24) is 10.2 Å². The van der Waals surface area contributed by atoms with E-state index in [1.165, 1.54) is 4.90 Å². The number of aliphatic hydroxyl groups is 4. The van der Waals surface area contributed by atoms with Crippen LogP contribution in [0.1, 0.15) is 132 Å². The van der Waals surface area contributed by atoms with Crippen molar-refractivity contribution in [3.63, 3.8) is 0 Å². The summed E-state index contributed by atoms with van der Waals surface area (Å²) in [5.41, 5.74) is 1.11. The van der Waals surface area contributed by atoms with Crippen molar-refractivity contribution in [3.8, 4) is 0 Å². The first-order valence-electron chi connectivity index (χ1n) is 29.7. The van der Waals surface area contributed by atoms with Gasteiger partial charge in [-0.25, -0.2) is 9.59 Å². The Hall–Kier alpha value is -3.93. The third-order valence-corrected chi connectivity index (χ3v) is 16.4. The van der Waals surface area contributed by atoms with Crippen LogP contribution in [0.5, 0.6) is 0 Å². The molecule has 5 N–H and O–H groups in total. The minimum absolute atomic E-state index is 0.0187. The van der Waals surface area contributed by atoms with Crippen molar-refractivity contribution in [2.24, 2.45) is 35.5 Å². The molecule has 20 heteroatoms. The van der Waals surface area contributed by atoms with Gasteiger partial charge in [0, 0.05) is 64.5 Å². The largest absolute Gasteiger partial charge is 0.460 e. The molecule has 4 aliphatic rings. The van der Waals surface area contributed by atoms with Crippen LogP contribution in [0.3, 0.4) is 0 Å². The van der Waals surface area contributed by atoms with Crippen LogP contribution in [0.2, 0.25) is 0 Å². The second kappa shape index (κ2) is 36.0. The van der Waals surface area contributed by atoms with Gasteiger partial charge in [-0.3, -0.25) is 14.4 Å². The van der Waals surface area contributed by atoms with Gasteiger partial charge in [-0.15, -0.1) is 0 Å². The Bertz CT molecular complexity index is 2070. The fraction of sp³-hybridized carbons (Fsp3) is 0.787. The third-order valence-electron chi connectivity index (χ3n) is 16.4. The van der Waals surface area contributed by atoms with E-state index < -0.39 is 108 Å². The molecule has 3 heterocycles. The van der Waals surface area contributed by atoms with E-state index in [2.05, 4.69) is 5.32 Å². The fourth-order valence-corrected chi connectivity index (χ4v) is 11.4. The number of carbonyl (C=O) groups excluding carboxylic acids is 5. The summed E-state index contributed by atoms with van der Waals surface area (Å²) in [5.74, 6) is -8.36. The standard InChI is InChI=1S/C61H100N2O18/c1-11-75-27-28-77-31-32-78-30-29-76-26-24-62-60(71)80-50-23-21-46(36-53(50)74-10)35-43(6)52-38-49(64)42(5)34-45(8)55(66)56(67)54(65)44(7)33-39(2)17-13-12-14-18-40(3)51(73-9)37-47-22-20-41(4)57(68)61(72,81-47)59(70)63-25-16-15-19-48(63)58(69)79-52/h12-14,17-18,34,39,41-44,46-53,55-56,64,66-67,72H,11,15-16,19-33,35-38H2,1-10H3,(H,62,71)/b14-12+,17-13+,40-18+,45-34+/t39-,41-,42-,43-,44-,46+,47+,48+,49-,50-,51+,52?,53-,55-,56+,61?/m1/s1. The number of aliphatic hydroxyl groups excluding tert-OH is 3. The van der Waals surface area contributed by atoms with Crippen LogP contribution in [0.4, 0.5) is 4.79 Å². The summed E-state index contributed by atoms with van der Waals surface area (Å²) in [7, 11) is 3.11. The van der Waals surface area contributed by atoms with Crippen LogP contribution < -0.4 is 5.32 Å². The lowest BCUT2D eigenvalue weighted by atomic mass is 9.78. The molecule has 3 fully saturated rings. The van der Waals surface area contributed by atoms with Crippen LogP contribution in [-0.4, -0.2) is 196 Å². The van der Waals surface area contributed by atoms with E-state index in [4.69, 9.17) is 42.6 Å². The Morgan fingerprint density at radius 2 is 1.44 bits per heavy atom. The highest BCUT2D eigenvalue weighted by Crippen LogP contribution is 2.37. The molecular formula is C61H100N2O18. The number of alkyl carbamates (subject to hydrolysis) is 1. The zero-order valence-corrected chi connectivity index (χ0v) is 50.1. The van der Waals surface area contributed by atoms with Crippen molar-refractivity contribution in [2.45, 2.75) is 193 Å². The third kappa shape index (κ3) is 22.2. The number of hydrogen-bond donors (Lipinski definition) is 5. The number of carbonyl (C=O) groups is 5. The van der Waals surface area contributed by atoms with Crippen LogP contribution in [-0.2, 0) is 61.8 Å². The second-order valence-electron chi connectivity index (χ2n) is 22.9. The molecule has 0 aromatic heterocycles. The molecule has 20 nitrogen and oxygen atoms in total. The molecule has 0 radical (unpaired) electrons. The summed E-state index contributed by atoms with van der Waals surface area (Å²) in [4.78, 5) is 71.2. The van der Waals surface area contributed by atoms with E-state index in [9.17, 15) is 44.4 Å². The summed E-state index contributed by atoms with van der Waals surface area (Å²) < 4.78 is 52.0. The quantitative estimate of drug-likeness (QED) is 0.0421. The number of nitrogens with one attached hydrogen (secondary N) is 1. The molecule has 16 atom stereocenters. The molecule has 0 spiro atoms. The second-order valence-corrected chi connectivity index (χ2v) is 22.9. The first kappa shape index (κ1) is 69.6. The van der Waals surface area contributed by atoms with Crippen molar-refractivity contribution >= 4 is 29.5 Å². The number of fused-ring (bicyclic) bond motifs is 3. The number of piperidine rings is 1. The Morgan fingerprint density at radius 3 is 2.11 bits per heavy atom. The van der Waals surface area contributed by atoms with Gasteiger partial charge in [0.25, 0.3) is 5.91 Å². The maximum absolute atomic E-state index is 14.8. The number of ketones is 2. The molecule has 2 saturated heterocycles. The van der Waals surface area contributed by atoms with Gasteiger partial charge in [0.15, 0.2) is 5.78 Å². The van der Waals surface area contributed by atoms with E-state index >= 15 is 0 Å². The minimum atomic E-state index is -2.88. The predicted octanol–water partition coefficient (Wildman–Crippen LogP) is 6.14. The topological polar surface area (TPSA) is 265 Å². The van der Waals surface area contributed by atoms with Crippen molar-refractivity contribution < 1.29 is 87.0 Å². The van der Waals surface area contributed by atoms with E-state index in [0.717, 1.165) is 5.57 Å². The molecule has 4 rings (SSSR count). The van der Waals surface area contributed by atoms with Gasteiger partial charge in [0.2, 0.25) is 5.78 Å². The first-order chi connectivity index (χ1) is 38.6. The SMILES string of the molecule is CCOCCOCCOCCOCCNC(=O)O[C@@H]1CC[C@@H](C[C@@H](C)C2C[C@@H](O)[C@H](C)/C=C(\C)[C@@H](O)[C@@H](O)C(=O)[C@H](C)C[C@H](C)/C=C/C=C/C=C(\C)[C@@H](OC)C[C@@H]3CC[C@@H](C)C(=O)C(O)(O3)C(=O)N3CCCC[C@H]3C(=O)O2)C[C@H]1OC. The predicted molar refractivity (Wildman–Crippen MR) is 303 cm³/mol. The molecular weight excluding hydrogens is 1050 g/mol. The van der Waals surface area contributed by atoms with Crippen molar-refractivity contribution in [3.05, 3.63) is 47.6 Å². The van der Waals surface area contributed by atoms with Gasteiger partial charge in [0.05, 0.1) is 70.7 Å². The van der Waals surface area contributed by atoms with E-state index in [1.54, 1.807) is 48.0 Å². The molecule has 2 amide bonds. The van der Waals surface area contributed by atoms with Crippen LogP contribution >= 0.6 is 0 Å². The van der Waals surface area contributed by atoms with Gasteiger partial charge in [-0.2, -0.15) is 0 Å². The van der Waals surface area contributed by atoms with E-state index in [1.807, 2.05) is 58.1 Å². The number of rotatable bonds is 19. The Morgan fingerprint density at radius 1 is 0.765 bits per heavy atom. The number of allylic oxidation sites excluding steroid dienone is 5. The molecule has 1 saturated carbocycles. The summed E-state index contributed by atoms with van der Waals surface area (Å²) in [5, 5.41) is 49.4. The van der Waals surface area contributed by atoms with Crippen LogP contribution in [0, 0.1) is 35.5 Å². The maximum atomic E-state index is 14.8. The highest BCUT2D eigenvalue weighted by atomic mass is 16.6. The van der Waals surface area contributed by atoms with Crippen LogP contribution in [0.15, 0.2) is 47.6 Å². The van der Waals surface area contributed by atoms with Crippen molar-refractivity contribution in [1.29, 1.82) is 0 Å². The van der Waals surface area contributed by atoms with Crippen LogP contribution in [0.25, 0.3) is 0 Å². The first-order valence-corrected chi connectivity index (χ1v) is 29.7. The average molecular weight is 1150 g/mol. The number of esters is 1. The number of ether oxygens (including phenoxy) is 9. The molecule has 462 valence electrons. The number of cyclic esters (lactones) is 1. The lowest BCUT2D eigenvalue weighted by molar-refractivity contribution is -0.231. The van der Waals surface area contributed by atoms with Gasteiger partial charge >= 0.3 is 17.8 Å². The van der Waals surface area contributed by atoms with Gasteiger partial charge in [0.1, 0.15) is 30.5 Å². The Kier molecular flexibility index (Phi) is 30.9. The van der Waals surface area contributed by atoms with E-state index in [-0.39, 0.29) is 62.3 Å². The number of methoxy groups -OCH3 is 2. The van der Waals surface area contributed by atoms with E-state index in [0.29, 0.717) is 104 Å². The average Bonchev–Trinajstić information content (AvgIpc) is 3.74.